The molecule has 0 amide bonds. The number of anilines is 1. The first-order chi connectivity index (χ1) is 10.8. The van der Waals surface area contributed by atoms with Crippen molar-refractivity contribution in [3.05, 3.63) is 29.8 Å². The molecule has 1 aromatic carbocycles. The largest absolute Gasteiger partial charge is 0.392 e. The predicted octanol–water partition coefficient (Wildman–Crippen LogP) is 2.41. The Morgan fingerprint density at radius 3 is 2.55 bits per heavy atom. The van der Waals surface area contributed by atoms with Gasteiger partial charge in [0, 0.05) is 31.9 Å². The number of hydrogen-bond donors (Lipinski definition) is 2. The van der Waals surface area contributed by atoms with Crippen LogP contribution in [0.25, 0.3) is 0 Å². The molecule has 1 heterocycles. The van der Waals surface area contributed by atoms with Gasteiger partial charge in [-0.25, -0.2) is 0 Å². The zero-order chi connectivity index (χ0) is 15.8. The van der Waals surface area contributed by atoms with Gasteiger partial charge in [0.25, 0.3) is 0 Å². The third-order valence-electron chi connectivity index (χ3n) is 4.61. The lowest BCUT2D eigenvalue weighted by molar-refractivity contribution is 0.101. The summed E-state index contributed by atoms with van der Waals surface area (Å²) in [5, 5.41) is 13.6. The number of hydrogen-bond acceptors (Lipinski definition) is 4. The second-order valence-corrected chi connectivity index (χ2v) is 6.00. The maximum Gasteiger partial charge on any atom is 0.0692 e. The highest BCUT2D eigenvalue weighted by molar-refractivity contribution is 5.53. The monoisotopic (exact) mass is 306 g/mol. The Morgan fingerprint density at radius 2 is 1.86 bits per heavy atom. The Hall–Kier alpha value is -1.10. The zero-order valence-corrected chi connectivity index (χ0v) is 13.9. The highest BCUT2D eigenvalue weighted by Gasteiger charge is 2.16. The van der Waals surface area contributed by atoms with Crippen LogP contribution in [0.4, 0.5) is 5.69 Å². The number of ether oxygens (including phenoxy) is 1. The normalized spacial score (nSPS) is 17.0. The quantitative estimate of drug-likeness (QED) is 0.774. The molecule has 2 N–H and O–H groups in total. The van der Waals surface area contributed by atoms with Crippen molar-refractivity contribution < 1.29 is 9.84 Å². The van der Waals surface area contributed by atoms with Crippen LogP contribution in [-0.4, -0.2) is 44.1 Å². The molecule has 1 unspecified atom stereocenters. The molecule has 0 spiro atoms. The zero-order valence-electron chi connectivity index (χ0n) is 13.9. The summed E-state index contributed by atoms with van der Waals surface area (Å²) in [6.07, 6.45) is 1.80. The number of nitrogens with zero attached hydrogens (tertiary/aromatic N) is 1. The van der Waals surface area contributed by atoms with E-state index in [-0.39, 0.29) is 6.10 Å². The smallest absolute Gasteiger partial charge is 0.0692 e. The summed E-state index contributed by atoms with van der Waals surface area (Å²) in [5.41, 5.74) is 2.58. The van der Waals surface area contributed by atoms with Gasteiger partial charge < -0.3 is 20.1 Å². The fourth-order valence-corrected chi connectivity index (χ4v) is 3.13. The molecular formula is C18H30N2O2. The standard InChI is InChI=1S/C18H30N2O2/c1-3-15(4-2)18(21)14-19-13-16-7-5-6-8-17(16)20-9-11-22-12-10-20/h5-8,15,18-19,21H,3-4,9-14H2,1-2H3. The van der Waals surface area contributed by atoms with Crippen molar-refractivity contribution in [1.82, 2.24) is 5.32 Å². The van der Waals surface area contributed by atoms with E-state index in [1.54, 1.807) is 0 Å². The fourth-order valence-electron chi connectivity index (χ4n) is 3.13. The lowest BCUT2D eigenvalue weighted by Gasteiger charge is -2.30. The van der Waals surface area contributed by atoms with Crippen LogP contribution >= 0.6 is 0 Å². The molecule has 1 aromatic rings. The molecule has 0 saturated carbocycles. The summed E-state index contributed by atoms with van der Waals surface area (Å²) in [4.78, 5) is 2.39. The van der Waals surface area contributed by atoms with Gasteiger partial charge in [-0.2, -0.15) is 0 Å². The molecule has 1 saturated heterocycles. The van der Waals surface area contributed by atoms with Crippen molar-refractivity contribution in [3.63, 3.8) is 0 Å². The molecule has 1 fully saturated rings. The summed E-state index contributed by atoms with van der Waals surface area (Å²) in [5.74, 6) is 0.391. The van der Waals surface area contributed by atoms with Crippen LogP contribution in [-0.2, 0) is 11.3 Å². The van der Waals surface area contributed by atoms with Crippen molar-refractivity contribution in [3.8, 4) is 0 Å². The molecule has 4 nitrogen and oxygen atoms in total. The fraction of sp³-hybridized carbons (Fsp3) is 0.667. The minimum Gasteiger partial charge on any atom is -0.392 e. The molecule has 1 aliphatic heterocycles. The number of aliphatic hydroxyl groups excluding tert-OH is 1. The minimum atomic E-state index is -0.259. The van der Waals surface area contributed by atoms with Crippen LogP contribution in [0, 0.1) is 5.92 Å². The Balaban J connectivity index is 1.90. The van der Waals surface area contributed by atoms with Crippen molar-refractivity contribution in [2.24, 2.45) is 5.92 Å². The van der Waals surface area contributed by atoms with Gasteiger partial charge in [-0.15, -0.1) is 0 Å². The summed E-state index contributed by atoms with van der Waals surface area (Å²) in [6, 6.07) is 8.52. The Morgan fingerprint density at radius 1 is 1.18 bits per heavy atom. The predicted molar refractivity (Wildman–Crippen MR) is 91.3 cm³/mol. The van der Waals surface area contributed by atoms with E-state index in [0.29, 0.717) is 12.5 Å². The lowest BCUT2D eigenvalue weighted by atomic mass is 9.96. The summed E-state index contributed by atoms with van der Waals surface area (Å²) in [6.45, 7) is 9.25. The van der Waals surface area contributed by atoms with Gasteiger partial charge in [0.2, 0.25) is 0 Å². The second-order valence-electron chi connectivity index (χ2n) is 6.00. The van der Waals surface area contributed by atoms with Crippen LogP contribution in [0.2, 0.25) is 0 Å². The first-order valence-corrected chi connectivity index (χ1v) is 8.55. The SMILES string of the molecule is CCC(CC)C(O)CNCc1ccccc1N1CCOCC1. The Bertz CT molecular complexity index is 429. The summed E-state index contributed by atoms with van der Waals surface area (Å²) < 4.78 is 5.43. The van der Waals surface area contributed by atoms with Gasteiger partial charge >= 0.3 is 0 Å². The number of benzene rings is 1. The van der Waals surface area contributed by atoms with E-state index in [4.69, 9.17) is 4.74 Å². The van der Waals surface area contributed by atoms with E-state index >= 15 is 0 Å². The molecule has 1 atom stereocenters. The molecule has 0 aliphatic carbocycles. The van der Waals surface area contributed by atoms with E-state index < -0.39 is 0 Å². The molecular weight excluding hydrogens is 276 g/mol. The van der Waals surface area contributed by atoms with Crippen molar-refractivity contribution in [2.75, 3.05) is 37.7 Å². The first kappa shape index (κ1) is 17.3. The number of nitrogens with one attached hydrogen (secondary N) is 1. The number of para-hydroxylation sites is 1. The average molecular weight is 306 g/mol. The first-order valence-electron chi connectivity index (χ1n) is 8.55. The van der Waals surface area contributed by atoms with Crippen LogP contribution in [0.3, 0.4) is 0 Å². The van der Waals surface area contributed by atoms with Crippen LogP contribution in [0.5, 0.6) is 0 Å². The minimum absolute atomic E-state index is 0.259. The third kappa shape index (κ3) is 4.70. The third-order valence-corrected chi connectivity index (χ3v) is 4.61. The Kier molecular flexibility index (Phi) is 7.16. The highest BCUT2D eigenvalue weighted by Crippen LogP contribution is 2.21. The number of aliphatic hydroxyl groups is 1. The van der Waals surface area contributed by atoms with Gasteiger partial charge in [0.05, 0.1) is 19.3 Å². The molecule has 22 heavy (non-hydrogen) atoms. The van der Waals surface area contributed by atoms with E-state index in [1.165, 1.54) is 11.3 Å². The molecule has 1 aliphatic rings. The van der Waals surface area contributed by atoms with Crippen molar-refractivity contribution >= 4 is 5.69 Å². The molecule has 124 valence electrons. The maximum atomic E-state index is 10.2. The van der Waals surface area contributed by atoms with Crippen molar-refractivity contribution in [1.29, 1.82) is 0 Å². The van der Waals surface area contributed by atoms with Crippen LogP contribution < -0.4 is 10.2 Å². The lowest BCUT2D eigenvalue weighted by Crippen LogP contribution is -2.37. The van der Waals surface area contributed by atoms with Gasteiger partial charge in [-0.3, -0.25) is 0 Å². The van der Waals surface area contributed by atoms with E-state index in [1.807, 2.05) is 0 Å². The number of rotatable bonds is 8. The summed E-state index contributed by atoms with van der Waals surface area (Å²) in [7, 11) is 0. The highest BCUT2D eigenvalue weighted by atomic mass is 16.5. The van der Waals surface area contributed by atoms with Gasteiger partial charge in [-0.05, 0) is 17.5 Å². The molecule has 4 heteroatoms. The maximum absolute atomic E-state index is 10.2. The van der Waals surface area contributed by atoms with E-state index in [0.717, 1.165) is 45.7 Å². The topological polar surface area (TPSA) is 44.7 Å². The van der Waals surface area contributed by atoms with Crippen LogP contribution in [0.1, 0.15) is 32.3 Å². The molecule has 0 aromatic heterocycles. The van der Waals surface area contributed by atoms with Gasteiger partial charge in [-0.1, -0.05) is 44.9 Å². The summed E-state index contributed by atoms with van der Waals surface area (Å²) >= 11 is 0. The van der Waals surface area contributed by atoms with E-state index in [9.17, 15) is 5.11 Å². The Labute approximate surface area is 134 Å². The van der Waals surface area contributed by atoms with Crippen molar-refractivity contribution in [2.45, 2.75) is 39.3 Å². The number of morpholine rings is 1. The second kappa shape index (κ2) is 9.13. The molecule has 2 rings (SSSR count). The van der Waals surface area contributed by atoms with Crippen LogP contribution in [0.15, 0.2) is 24.3 Å². The average Bonchev–Trinajstić information content (AvgIpc) is 2.57. The van der Waals surface area contributed by atoms with E-state index in [2.05, 4.69) is 48.3 Å². The van der Waals surface area contributed by atoms with Gasteiger partial charge in [0.15, 0.2) is 0 Å². The van der Waals surface area contributed by atoms with Gasteiger partial charge in [0.1, 0.15) is 0 Å². The molecule has 0 radical (unpaired) electrons. The molecule has 0 bridgehead atoms.